The van der Waals surface area contributed by atoms with E-state index in [0.29, 0.717) is 71.6 Å². The van der Waals surface area contributed by atoms with E-state index in [2.05, 4.69) is 10.2 Å². The lowest BCUT2D eigenvalue weighted by Crippen LogP contribution is -2.57. The van der Waals surface area contributed by atoms with Gasteiger partial charge in [-0.2, -0.15) is 0 Å². The molecule has 6 rings (SSSR count). The minimum absolute atomic E-state index is 0.0210. The van der Waals surface area contributed by atoms with Gasteiger partial charge in [0.15, 0.2) is 0 Å². The number of carbonyl (C=O) groups is 4. The summed E-state index contributed by atoms with van der Waals surface area (Å²) in [6, 6.07) is 8.17. The summed E-state index contributed by atoms with van der Waals surface area (Å²) in [5.41, 5.74) is 0.841. The second-order valence-electron chi connectivity index (χ2n) is 11.8. The Balaban J connectivity index is 1.22. The maximum Gasteiger partial charge on any atom is 0.253 e. The molecule has 216 valence electrons. The monoisotopic (exact) mass is 551 g/mol. The topological polar surface area (TPSA) is 102 Å². The molecule has 3 atom stereocenters. The number of likely N-dealkylation sites (tertiary alicyclic amines) is 1. The summed E-state index contributed by atoms with van der Waals surface area (Å²) in [4.78, 5) is 62.1. The van der Waals surface area contributed by atoms with E-state index < -0.39 is 11.5 Å². The number of hydrogen-bond acceptors (Lipinski definition) is 6. The van der Waals surface area contributed by atoms with Crippen LogP contribution in [0.15, 0.2) is 24.3 Å². The number of para-hydroxylation sites is 1. The van der Waals surface area contributed by atoms with Crippen molar-refractivity contribution in [3.05, 3.63) is 29.8 Å². The van der Waals surface area contributed by atoms with Crippen molar-refractivity contribution in [1.82, 2.24) is 20.0 Å². The van der Waals surface area contributed by atoms with Crippen LogP contribution in [0.4, 0.5) is 5.69 Å². The lowest BCUT2D eigenvalue weighted by atomic mass is 9.78. The molecule has 5 aliphatic rings. The molecular weight excluding hydrogens is 510 g/mol. The number of fused-ring (bicyclic) bond motifs is 4. The second kappa shape index (κ2) is 11.1. The predicted molar refractivity (Wildman–Crippen MR) is 148 cm³/mol. The maximum atomic E-state index is 14.5. The average molecular weight is 552 g/mol. The first-order valence-electron chi connectivity index (χ1n) is 15.1. The summed E-state index contributed by atoms with van der Waals surface area (Å²) < 4.78 is 5.27. The number of rotatable bonds is 4. The van der Waals surface area contributed by atoms with Crippen LogP contribution in [0.5, 0.6) is 0 Å². The van der Waals surface area contributed by atoms with Gasteiger partial charge in [0.2, 0.25) is 17.7 Å². The number of ether oxygens (including phenoxy) is 1. The fraction of sp³-hybridized carbons (Fsp3) is 0.667. The zero-order valence-electron chi connectivity index (χ0n) is 23.5. The third kappa shape index (κ3) is 4.40. The van der Waals surface area contributed by atoms with Crippen molar-refractivity contribution in [2.75, 3.05) is 63.9 Å². The molecule has 4 fully saturated rings. The normalized spacial score (nSPS) is 29.4. The predicted octanol–water partition coefficient (Wildman–Crippen LogP) is 1.34. The number of carbonyl (C=O) groups excluding carboxylic acids is 4. The fourth-order valence-electron chi connectivity index (χ4n) is 7.85. The lowest BCUT2D eigenvalue weighted by Gasteiger charge is -2.38. The number of piperidine rings is 1. The van der Waals surface area contributed by atoms with Gasteiger partial charge in [-0.25, -0.2) is 0 Å². The number of nitrogens with zero attached hydrogens (tertiary/aromatic N) is 4. The van der Waals surface area contributed by atoms with Crippen LogP contribution in [0.3, 0.4) is 0 Å². The Hall–Kier alpha value is -2.98. The first kappa shape index (κ1) is 27.2. The van der Waals surface area contributed by atoms with E-state index in [-0.39, 0.29) is 42.2 Å². The fourth-order valence-corrected chi connectivity index (χ4v) is 7.85. The van der Waals surface area contributed by atoms with Crippen LogP contribution >= 0.6 is 0 Å². The van der Waals surface area contributed by atoms with Crippen molar-refractivity contribution >= 4 is 29.3 Å². The van der Waals surface area contributed by atoms with Gasteiger partial charge >= 0.3 is 0 Å². The standard InChI is InChI=1S/C30H41N5O5/c1-2-40-20-26(36)32-15-10-21(11-16-32)28(38)33-13-6-12-31-27(37)24-19-22-7-5-14-35(22)30(24)23-8-3-4-9-25(23)34(18-17-33)29(30)39/h3-4,8-9,21-22,24H,2,5-7,10-20H2,1H3,(H,31,37)/t22-,24-,30+/m0/s1. The van der Waals surface area contributed by atoms with Crippen LogP contribution in [0, 0.1) is 11.8 Å². The van der Waals surface area contributed by atoms with Crippen LogP contribution in [0.2, 0.25) is 0 Å². The first-order valence-corrected chi connectivity index (χ1v) is 15.1. The highest BCUT2D eigenvalue weighted by molar-refractivity contribution is 6.11. The van der Waals surface area contributed by atoms with Crippen LogP contribution < -0.4 is 10.2 Å². The molecule has 0 aliphatic carbocycles. The molecular formula is C30H41N5O5. The van der Waals surface area contributed by atoms with Crippen molar-refractivity contribution in [1.29, 1.82) is 0 Å². The molecule has 0 unspecified atom stereocenters. The van der Waals surface area contributed by atoms with Gasteiger partial charge < -0.3 is 24.8 Å². The van der Waals surface area contributed by atoms with Crippen molar-refractivity contribution in [2.45, 2.75) is 57.0 Å². The van der Waals surface area contributed by atoms with E-state index >= 15 is 0 Å². The van der Waals surface area contributed by atoms with Crippen LogP contribution in [-0.2, 0) is 29.5 Å². The van der Waals surface area contributed by atoms with Crippen LogP contribution in [0.1, 0.15) is 51.0 Å². The number of benzene rings is 1. The lowest BCUT2D eigenvalue weighted by molar-refractivity contribution is -0.143. The molecule has 1 aromatic carbocycles. The summed E-state index contributed by atoms with van der Waals surface area (Å²) in [7, 11) is 0. The summed E-state index contributed by atoms with van der Waals surface area (Å²) >= 11 is 0. The molecule has 1 aromatic rings. The van der Waals surface area contributed by atoms with Crippen LogP contribution in [0.25, 0.3) is 0 Å². The Bertz CT molecular complexity index is 1170. The van der Waals surface area contributed by atoms with E-state index in [0.717, 1.165) is 30.6 Å². The number of hydrogen-bond donors (Lipinski definition) is 1. The van der Waals surface area contributed by atoms with Gasteiger partial charge in [0.25, 0.3) is 5.91 Å². The van der Waals surface area contributed by atoms with Gasteiger partial charge in [0.05, 0.1) is 5.92 Å². The third-order valence-electron chi connectivity index (χ3n) is 9.77. The van der Waals surface area contributed by atoms with Crippen molar-refractivity contribution < 1.29 is 23.9 Å². The van der Waals surface area contributed by atoms with Gasteiger partial charge in [0.1, 0.15) is 12.1 Å². The molecule has 0 saturated carbocycles. The summed E-state index contributed by atoms with van der Waals surface area (Å²) in [5, 5.41) is 3.13. The minimum Gasteiger partial charge on any atom is -0.372 e. The largest absolute Gasteiger partial charge is 0.372 e. The maximum absolute atomic E-state index is 14.5. The molecule has 2 bridgehead atoms. The molecule has 4 saturated heterocycles. The summed E-state index contributed by atoms with van der Waals surface area (Å²) in [6.07, 6.45) is 4.66. The Kier molecular flexibility index (Phi) is 7.56. The molecule has 40 heavy (non-hydrogen) atoms. The van der Waals surface area contributed by atoms with Crippen molar-refractivity contribution in [3.8, 4) is 0 Å². The Morgan fingerprint density at radius 3 is 2.58 bits per heavy atom. The quantitative estimate of drug-likeness (QED) is 0.606. The van der Waals surface area contributed by atoms with E-state index in [4.69, 9.17) is 4.74 Å². The minimum atomic E-state index is -0.962. The summed E-state index contributed by atoms with van der Waals surface area (Å²) in [6.45, 7) is 6.21. The molecule has 5 heterocycles. The molecule has 5 aliphatic heterocycles. The first-order chi connectivity index (χ1) is 19.5. The highest BCUT2D eigenvalue weighted by Crippen LogP contribution is 2.57. The van der Waals surface area contributed by atoms with Gasteiger partial charge in [-0.15, -0.1) is 0 Å². The van der Waals surface area contributed by atoms with Gasteiger partial charge in [-0.1, -0.05) is 18.2 Å². The number of nitrogens with one attached hydrogen (secondary N) is 1. The van der Waals surface area contributed by atoms with Gasteiger partial charge in [-0.05, 0) is 58.1 Å². The summed E-state index contributed by atoms with van der Waals surface area (Å²) in [5.74, 6) is -0.594. The molecule has 10 heteroatoms. The van der Waals surface area contributed by atoms with Crippen molar-refractivity contribution in [2.24, 2.45) is 11.8 Å². The zero-order chi connectivity index (χ0) is 27.9. The SMILES string of the molecule is CCOCC(=O)N1CCC(C(=O)N2CCCNC(=O)[C@@H]3C[C@@H]4CCCN4[C@@]34C(=O)N(CC2)c2ccccc24)CC1. The molecule has 1 N–H and O–H groups in total. The molecule has 0 aromatic heterocycles. The highest BCUT2D eigenvalue weighted by Gasteiger charge is 2.67. The third-order valence-corrected chi connectivity index (χ3v) is 9.77. The van der Waals surface area contributed by atoms with Crippen molar-refractivity contribution in [3.63, 3.8) is 0 Å². The van der Waals surface area contributed by atoms with E-state index in [1.807, 2.05) is 41.0 Å². The van der Waals surface area contributed by atoms with E-state index in [9.17, 15) is 19.2 Å². The van der Waals surface area contributed by atoms with Gasteiger partial charge in [0, 0.05) is 69.1 Å². The average Bonchev–Trinajstić information content (AvgIpc) is 3.63. The highest BCUT2D eigenvalue weighted by atomic mass is 16.5. The Labute approximate surface area is 236 Å². The smallest absolute Gasteiger partial charge is 0.253 e. The van der Waals surface area contributed by atoms with E-state index in [1.54, 1.807) is 4.90 Å². The number of amides is 4. The molecule has 10 nitrogen and oxygen atoms in total. The second-order valence-corrected chi connectivity index (χ2v) is 11.8. The number of anilines is 1. The molecule has 0 radical (unpaired) electrons. The van der Waals surface area contributed by atoms with Gasteiger partial charge in [-0.3, -0.25) is 24.1 Å². The molecule has 4 amide bonds. The molecule has 1 spiro atoms. The zero-order valence-corrected chi connectivity index (χ0v) is 23.5. The van der Waals surface area contributed by atoms with E-state index in [1.165, 1.54) is 0 Å². The Morgan fingerprint density at radius 2 is 1.77 bits per heavy atom. The Morgan fingerprint density at radius 1 is 0.975 bits per heavy atom. The van der Waals surface area contributed by atoms with Crippen LogP contribution in [-0.4, -0.2) is 103 Å².